The molecule has 0 spiro atoms. The minimum absolute atomic E-state index is 0.210. The average Bonchev–Trinajstić information content (AvgIpc) is 2.65. The van der Waals surface area contributed by atoms with Gasteiger partial charge in [-0.3, -0.25) is 20.4 Å². The number of carbonyl (C=O) groups excluding carboxylic acids is 2. The summed E-state index contributed by atoms with van der Waals surface area (Å²) in [6.07, 6.45) is 0. The molecule has 2 N–H and O–H groups in total. The highest BCUT2D eigenvalue weighted by Gasteiger charge is 2.09. The van der Waals surface area contributed by atoms with Crippen LogP contribution in [-0.4, -0.2) is 31.6 Å². The minimum atomic E-state index is -0.501. The highest BCUT2D eigenvalue weighted by atomic mass is 16.5. The van der Waals surface area contributed by atoms with Crippen molar-refractivity contribution in [3.8, 4) is 17.2 Å². The van der Waals surface area contributed by atoms with Crippen LogP contribution in [0.4, 0.5) is 0 Å². The zero-order chi connectivity index (χ0) is 17.9. The van der Waals surface area contributed by atoms with Crippen molar-refractivity contribution in [2.75, 3.05) is 19.8 Å². The van der Waals surface area contributed by atoms with E-state index in [-0.39, 0.29) is 13.2 Å². The van der Waals surface area contributed by atoms with Crippen molar-refractivity contribution in [3.05, 3.63) is 54.6 Å². The molecule has 0 atom stereocenters. The van der Waals surface area contributed by atoms with Gasteiger partial charge in [-0.1, -0.05) is 30.3 Å². The van der Waals surface area contributed by atoms with Gasteiger partial charge in [0.25, 0.3) is 11.8 Å². The van der Waals surface area contributed by atoms with Crippen LogP contribution >= 0.6 is 0 Å². The lowest BCUT2D eigenvalue weighted by atomic mass is 10.3. The van der Waals surface area contributed by atoms with Crippen LogP contribution < -0.4 is 25.1 Å². The zero-order valence-electron chi connectivity index (χ0n) is 13.9. The highest BCUT2D eigenvalue weighted by molar-refractivity contribution is 5.83. The largest absolute Gasteiger partial charge is 0.490 e. The van der Waals surface area contributed by atoms with Crippen LogP contribution in [0.2, 0.25) is 0 Å². The van der Waals surface area contributed by atoms with Gasteiger partial charge in [-0.05, 0) is 31.2 Å². The molecule has 0 aliphatic carbocycles. The Morgan fingerprint density at radius 1 is 0.760 bits per heavy atom. The van der Waals surface area contributed by atoms with Crippen LogP contribution in [0.5, 0.6) is 17.2 Å². The third kappa shape index (κ3) is 6.42. The van der Waals surface area contributed by atoms with E-state index >= 15 is 0 Å². The van der Waals surface area contributed by atoms with Crippen molar-refractivity contribution in [1.82, 2.24) is 10.9 Å². The topological polar surface area (TPSA) is 85.9 Å². The van der Waals surface area contributed by atoms with Gasteiger partial charge >= 0.3 is 0 Å². The van der Waals surface area contributed by atoms with Gasteiger partial charge in [0, 0.05) is 0 Å². The van der Waals surface area contributed by atoms with E-state index in [0.29, 0.717) is 23.9 Å². The van der Waals surface area contributed by atoms with Gasteiger partial charge in [0.05, 0.1) is 6.61 Å². The number of hydrazine groups is 1. The Balaban J connectivity index is 1.69. The third-order valence-electron chi connectivity index (χ3n) is 2.96. The lowest BCUT2D eigenvalue weighted by Gasteiger charge is -2.12. The number of benzene rings is 2. The van der Waals surface area contributed by atoms with Gasteiger partial charge in [-0.25, -0.2) is 0 Å². The molecule has 0 aliphatic heterocycles. The molecule has 0 fully saturated rings. The fourth-order valence-corrected chi connectivity index (χ4v) is 1.86. The van der Waals surface area contributed by atoms with Crippen LogP contribution in [0.15, 0.2) is 54.6 Å². The summed E-state index contributed by atoms with van der Waals surface area (Å²) in [5.41, 5.74) is 4.51. The van der Waals surface area contributed by atoms with Gasteiger partial charge in [-0.2, -0.15) is 0 Å². The van der Waals surface area contributed by atoms with E-state index in [4.69, 9.17) is 14.2 Å². The number of nitrogens with one attached hydrogen (secondary N) is 2. The molecule has 0 heterocycles. The maximum absolute atomic E-state index is 11.7. The summed E-state index contributed by atoms with van der Waals surface area (Å²) in [5, 5.41) is 0. The molecule has 0 aromatic heterocycles. The molecule has 0 unspecified atom stereocenters. The Morgan fingerprint density at radius 3 is 1.88 bits per heavy atom. The predicted molar refractivity (Wildman–Crippen MR) is 91.3 cm³/mol. The maximum atomic E-state index is 11.7. The van der Waals surface area contributed by atoms with Gasteiger partial charge in [0.15, 0.2) is 24.7 Å². The summed E-state index contributed by atoms with van der Waals surface area (Å²) in [6.45, 7) is 1.88. The second-order valence-corrected chi connectivity index (χ2v) is 4.87. The summed E-state index contributed by atoms with van der Waals surface area (Å²) >= 11 is 0. The molecule has 2 aromatic carbocycles. The molecule has 0 aliphatic rings. The first-order chi connectivity index (χ1) is 12.2. The molecule has 0 saturated heterocycles. The second-order valence-electron chi connectivity index (χ2n) is 4.87. The number of hydrogen-bond acceptors (Lipinski definition) is 5. The van der Waals surface area contributed by atoms with Gasteiger partial charge in [0.1, 0.15) is 5.75 Å². The third-order valence-corrected chi connectivity index (χ3v) is 2.96. The molecule has 132 valence electrons. The molecule has 2 rings (SSSR count). The summed E-state index contributed by atoms with van der Waals surface area (Å²) < 4.78 is 16.1. The standard InChI is InChI=1S/C18H20N2O5/c1-2-23-15-10-6-7-11-16(15)25-13-18(22)20-19-17(21)12-24-14-8-4-3-5-9-14/h3-11H,2,12-13H2,1H3,(H,19,21)(H,20,22). The molecule has 7 nitrogen and oxygen atoms in total. The molecular formula is C18H20N2O5. The molecule has 25 heavy (non-hydrogen) atoms. The fraction of sp³-hybridized carbons (Fsp3) is 0.222. The molecule has 0 radical (unpaired) electrons. The van der Waals surface area contributed by atoms with E-state index in [1.807, 2.05) is 19.1 Å². The Kier molecular flexibility index (Phi) is 7.12. The molecule has 7 heteroatoms. The molecule has 2 aromatic rings. The Morgan fingerprint density at radius 2 is 1.28 bits per heavy atom. The van der Waals surface area contributed by atoms with Crippen molar-refractivity contribution in [1.29, 1.82) is 0 Å². The van der Waals surface area contributed by atoms with Crippen LogP contribution in [0.25, 0.3) is 0 Å². The van der Waals surface area contributed by atoms with Crippen molar-refractivity contribution in [2.24, 2.45) is 0 Å². The van der Waals surface area contributed by atoms with E-state index in [1.54, 1.807) is 42.5 Å². The quantitative estimate of drug-likeness (QED) is 0.712. The van der Waals surface area contributed by atoms with Crippen LogP contribution in [0.1, 0.15) is 6.92 Å². The fourth-order valence-electron chi connectivity index (χ4n) is 1.86. The first-order valence-corrected chi connectivity index (χ1v) is 7.79. The Hall–Kier alpha value is -3.22. The van der Waals surface area contributed by atoms with E-state index < -0.39 is 11.8 Å². The monoisotopic (exact) mass is 344 g/mol. The van der Waals surface area contributed by atoms with Crippen molar-refractivity contribution in [2.45, 2.75) is 6.92 Å². The molecule has 0 saturated carbocycles. The Bertz CT molecular complexity index is 691. The number of ether oxygens (including phenoxy) is 3. The first kappa shape index (κ1) is 18.1. The molecule has 2 amide bonds. The average molecular weight is 344 g/mol. The van der Waals surface area contributed by atoms with Crippen LogP contribution in [0, 0.1) is 0 Å². The van der Waals surface area contributed by atoms with Crippen LogP contribution in [0.3, 0.4) is 0 Å². The maximum Gasteiger partial charge on any atom is 0.276 e. The highest BCUT2D eigenvalue weighted by Crippen LogP contribution is 2.26. The number of carbonyl (C=O) groups is 2. The van der Waals surface area contributed by atoms with Crippen molar-refractivity contribution in [3.63, 3.8) is 0 Å². The lowest BCUT2D eigenvalue weighted by molar-refractivity contribution is -0.131. The van der Waals surface area contributed by atoms with E-state index in [2.05, 4.69) is 10.9 Å². The van der Waals surface area contributed by atoms with Gasteiger partial charge < -0.3 is 14.2 Å². The normalized spacial score (nSPS) is 9.80. The number of hydrogen-bond donors (Lipinski definition) is 2. The number of para-hydroxylation sites is 3. The summed E-state index contributed by atoms with van der Waals surface area (Å²) in [5.74, 6) is 0.599. The summed E-state index contributed by atoms with van der Waals surface area (Å²) in [4.78, 5) is 23.4. The zero-order valence-corrected chi connectivity index (χ0v) is 13.9. The smallest absolute Gasteiger partial charge is 0.276 e. The first-order valence-electron chi connectivity index (χ1n) is 7.79. The van der Waals surface area contributed by atoms with Crippen molar-refractivity contribution < 1.29 is 23.8 Å². The van der Waals surface area contributed by atoms with E-state index in [0.717, 1.165) is 0 Å². The van der Waals surface area contributed by atoms with Gasteiger partial charge in [0.2, 0.25) is 0 Å². The predicted octanol–water partition coefficient (Wildman–Crippen LogP) is 1.69. The van der Waals surface area contributed by atoms with E-state index in [9.17, 15) is 9.59 Å². The van der Waals surface area contributed by atoms with Gasteiger partial charge in [-0.15, -0.1) is 0 Å². The number of rotatable bonds is 8. The van der Waals surface area contributed by atoms with Crippen molar-refractivity contribution >= 4 is 11.8 Å². The SMILES string of the molecule is CCOc1ccccc1OCC(=O)NNC(=O)COc1ccccc1. The minimum Gasteiger partial charge on any atom is -0.490 e. The lowest BCUT2D eigenvalue weighted by Crippen LogP contribution is -2.45. The summed E-state index contributed by atoms with van der Waals surface area (Å²) in [6, 6.07) is 15.9. The molecule has 0 bridgehead atoms. The second kappa shape index (κ2) is 9.82. The Labute approximate surface area is 145 Å². The van der Waals surface area contributed by atoms with E-state index in [1.165, 1.54) is 0 Å². The number of amides is 2. The summed E-state index contributed by atoms with van der Waals surface area (Å²) in [7, 11) is 0. The van der Waals surface area contributed by atoms with Crippen LogP contribution in [-0.2, 0) is 9.59 Å². The molecular weight excluding hydrogens is 324 g/mol.